The van der Waals surface area contributed by atoms with E-state index in [1.807, 2.05) is 54.6 Å². The zero-order valence-corrected chi connectivity index (χ0v) is 31.1. The zero-order chi connectivity index (χ0) is 33.8. The molecule has 236 valence electrons. The van der Waals surface area contributed by atoms with E-state index in [0.717, 1.165) is 12.8 Å². The van der Waals surface area contributed by atoms with Crippen LogP contribution in [0, 0.1) is 43.5 Å². The summed E-state index contributed by atoms with van der Waals surface area (Å²) in [6.45, 7) is 13.0. The number of allylic oxidation sites excluding steroid dienone is 4. The molecule has 0 heterocycles. The molecule has 0 spiro atoms. The molecule has 0 bridgehead atoms. The smallest absolute Gasteiger partial charge is 0.0240 e. The van der Waals surface area contributed by atoms with Crippen molar-refractivity contribution in [2.24, 2.45) is 5.41 Å². The minimum Gasteiger partial charge on any atom is -0.147 e. The normalized spacial score (nSPS) is 12.3. The van der Waals surface area contributed by atoms with Crippen molar-refractivity contribution in [1.82, 2.24) is 0 Å². The van der Waals surface area contributed by atoms with Gasteiger partial charge in [-0.05, 0) is 33.9 Å². The predicted octanol–water partition coefficient (Wildman–Crippen LogP) is 12.0. The maximum absolute atomic E-state index is 3.48. The van der Waals surface area contributed by atoms with Crippen molar-refractivity contribution in [2.75, 3.05) is 0 Å². The maximum Gasteiger partial charge on any atom is -0.0240 e. The van der Waals surface area contributed by atoms with Crippen LogP contribution in [0.1, 0.15) is 56.4 Å². The fraction of sp³-hybridized carbons (Fsp3) is 0.196. The zero-order valence-electron chi connectivity index (χ0n) is 28.7. The van der Waals surface area contributed by atoms with E-state index in [9.17, 15) is 0 Å². The quantitative estimate of drug-likeness (QED) is 0.110. The average Bonchev–Trinajstić information content (AvgIpc) is 3.72. The van der Waals surface area contributed by atoms with E-state index < -0.39 is 0 Å². The summed E-state index contributed by atoms with van der Waals surface area (Å²) in [6.07, 6.45) is 7.64. The number of hydrogen-bond donors (Lipinski definition) is 0. The molecular weight excluding hydrogens is 644 g/mol. The van der Waals surface area contributed by atoms with Crippen molar-refractivity contribution in [3.63, 3.8) is 0 Å². The molecule has 0 aliphatic heterocycles. The van der Waals surface area contributed by atoms with Gasteiger partial charge in [-0.2, -0.15) is 77.9 Å². The van der Waals surface area contributed by atoms with Crippen molar-refractivity contribution in [1.29, 1.82) is 0 Å². The molecule has 0 nitrogen and oxygen atoms in total. The molecular formula is C46H44Zr-4. The second-order valence-electron chi connectivity index (χ2n) is 12.7. The van der Waals surface area contributed by atoms with E-state index in [2.05, 4.69) is 137 Å². The molecule has 47 heavy (non-hydrogen) atoms. The predicted molar refractivity (Wildman–Crippen MR) is 200 cm³/mol. The first-order valence-electron chi connectivity index (χ1n) is 16.2. The van der Waals surface area contributed by atoms with Gasteiger partial charge in [-0.1, -0.05) is 88.5 Å². The van der Waals surface area contributed by atoms with Crippen LogP contribution < -0.4 is 0 Å². The maximum atomic E-state index is 3.48. The molecule has 8 rings (SSSR count). The van der Waals surface area contributed by atoms with Crippen LogP contribution in [0.2, 0.25) is 0 Å². The summed E-state index contributed by atoms with van der Waals surface area (Å²) >= 11 is 1.30. The molecule has 0 aromatic heterocycles. The van der Waals surface area contributed by atoms with Crippen molar-refractivity contribution < 1.29 is 24.2 Å². The summed E-state index contributed by atoms with van der Waals surface area (Å²) in [5.41, 5.74) is 11.3. The first kappa shape index (κ1) is 35.9. The van der Waals surface area contributed by atoms with Crippen LogP contribution >= 0.6 is 0 Å². The number of hydrogen-bond acceptors (Lipinski definition) is 0. The van der Waals surface area contributed by atoms with Gasteiger partial charge in [0, 0.05) is 0 Å². The van der Waals surface area contributed by atoms with Gasteiger partial charge in [0.2, 0.25) is 0 Å². The van der Waals surface area contributed by atoms with E-state index in [1.165, 1.54) is 90.3 Å². The fourth-order valence-electron chi connectivity index (χ4n) is 6.07. The van der Waals surface area contributed by atoms with Crippen molar-refractivity contribution in [2.45, 2.75) is 54.4 Å². The van der Waals surface area contributed by atoms with Gasteiger partial charge in [-0.3, -0.25) is 6.08 Å². The third kappa shape index (κ3) is 9.34. The van der Waals surface area contributed by atoms with Gasteiger partial charge < -0.3 is 0 Å². The van der Waals surface area contributed by atoms with Crippen LogP contribution in [0.5, 0.6) is 0 Å². The summed E-state index contributed by atoms with van der Waals surface area (Å²) in [5.74, 6) is 0. The molecule has 2 aliphatic rings. The topological polar surface area (TPSA) is 0 Å². The van der Waals surface area contributed by atoms with Crippen LogP contribution in [-0.4, -0.2) is 4.21 Å². The summed E-state index contributed by atoms with van der Waals surface area (Å²) in [6, 6.07) is 49.0. The number of rotatable bonds is 0. The van der Waals surface area contributed by atoms with Crippen LogP contribution in [0.4, 0.5) is 0 Å². The third-order valence-corrected chi connectivity index (χ3v) is 8.20. The van der Waals surface area contributed by atoms with Gasteiger partial charge in [0.25, 0.3) is 0 Å². The van der Waals surface area contributed by atoms with Gasteiger partial charge in [0.05, 0.1) is 0 Å². The molecule has 0 fully saturated rings. The molecule has 6 aromatic rings. The molecule has 0 N–H and O–H groups in total. The second kappa shape index (κ2) is 17.3. The molecule has 0 saturated heterocycles. The summed E-state index contributed by atoms with van der Waals surface area (Å²) in [7, 11) is 0. The standard InChI is InChI=1S/C21H13.C10H15.2C7H7.CH2.Zr/c1-2-8-15-14(7-1)13-20-18-11-4-3-9-16(18)17-10-5-6-12-19(17)21(15)20;1-8-6-5-7-9(8)10(2,3)4;2*1-7-5-3-2-4-6-7;;/h1-10,12H,13H2;6H,5H2,1-4H3;2*3-6H,1H3;1H2;/q4*-1;;. The van der Waals surface area contributed by atoms with Crippen LogP contribution in [0.3, 0.4) is 0 Å². The Labute approximate surface area is 298 Å². The van der Waals surface area contributed by atoms with E-state index in [4.69, 9.17) is 0 Å². The summed E-state index contributed by atoms with van der Waals surface area (Å²) in [4.78, 5) is 0. The molecule has 1 heteroatoms. The molecule has 0 radical (unpaired) electrons. The van der Waals surface area contributed by atoms with Gasteiger partial charge in [0.15, 0.2) is 0 Å². The van der Waals surface area contributed by atoms with Gasteiger partial charge >= 0.3 is 28.4 Å². The first-order valence-corrected chi connectivity index (χ1v) is 17.9. The van der Waals surface area contributed by atoms with E-state index >= 15 is 0 Å². The number of benzene rings is 6. The van der Waals surface area contributed by atoms with Gasteiger partial charge in [-0.25, -0.2) is 11.1 Å². The Kier molecular flexibility index (Phi) is 13.2. The molecule has 2 aliphatic carbocycles. The van der Waals surface area contributed by atoms with Crippen molar-refractivity contribution >= 4 is 25.8 Å². The Balaban J connectivity index is 0.000000160. The van der Waals surface area contributed by atoms with E-state index in [0.29, 0.717) is 0 Å². The van der Waals surface area contributed by atoms with Gasteiger partial charge in [-0.15, -0.1) is 53.9 Å². The molecule has 0 saturated carbocycles. The first-order chi connectivity index (χ1) is 22.7. The van der Waals surface area contributed by atoms with Crippen molar-refractivity contribution in [3.8, 4) is 11.1 Å². The Morgan fingerprint density at radius 2 is 1.19 bits per heavy atom. The largest absolute Gasteiger partial charge is 0.147 e. The summed E-state index contributed by atoms with van der Waals surface area (Å²) in [5, 5.41) is 5.30. The molecule has 6 aromatic carbocycles. The Morgan fingerprint density at radius 3 is 1.70 bits per heavy atom. The van der Waals surface area contributed by atoms with Crippen LogP contribution in [0.25, 0.3) is 32.7 Å². The monoisotopic (exact) mass is 686 g/mol. The Morgan fingerprint density at radius 1 is 0.638 bits per heavy atom. The van der Waals surface area contributed by atoms with Crippen LogP contribution in [-0.2, 0) is 30.7 Å². The minimum atomic E-state index is 0.289. The van der Waals surface area contributed by atoms with E-state index in [-0.39, 0.29) is 5.41 Å². The van der Waals surface area contributed by atoms with Crippen molar-refractivity contribution in [3.05, 3.63) is 179 Å². The molecule has 0 unspecified atom stereocenters. The van der Waals surface area contributed by atoms with Gasteiger partial charge in [0.1, 0.15) is 0 Å². The Hall–Kier alpha value is -3.93. The molecule has 0 amide bonds. The fourth-order valence-corrected chi connectivity index (χ4v) is 6.07. The SMILES string of the molecule is CC1=CC[C-]=C1C(C)(C)C.Cc1cc[c-]cc1.Cc1cc[c-]cc1.[CH2]=[Zr].[c-]1cccc2c1c1c(c3ccccc32)-c2ccccc2C1. The molecule has 0 atom stereocenters. The number of aryl methyl sites for hydroxylation is 2. The summed E-state index contributed by atoms with van der Waals surface area (Å²) < 4.78 is 3.34. The van der Waals surface area contributed by atoms with Crippen LogP contribution in [0.15, 0.2) is 132 Å². The second-order valence-corrected chi connectivity index (χ2v) is 12.7. The minimum absolute atomic E-state index is 0.289. The third-order valence-electron chi connectivity index (χ3n) is 8.20. The average molecular weight is 688 g/mol. The Bertz CT molecular complexity index is 1920. The number of fused-ring (bicyclic) bond motifs is 8. The van der Waals surface area contributed by atoms with E-state index in [1.54, 1.807) is 0 Å².